The second-order valence-corrected chi connectivity index (χ2v) is 9.36. The SMILES string of the molecule is CN=C(NCCCC1CCCC1)NCCC(=O)NC1CCS(=O)(=O)C1. The summed E-state index contributed by atoms with van der Waals surface area (Å²) in [5.41, 5.74) is 0. The summed E-state index contributed by atoms with van der Waals surface area (Å²) >= 11 is 0. The zero-order valence-electron chi connectivity index (χ0n) is 15.2. The molecule has 7 nitrogen and oxygen atoms in total. The number of carbonyl (C=O) groups excluding carboxylic acids is 1. The summed E-state index contributed by atoms with van der Waals surface area (Å²) in [5.74, 6) is 1.73. The Morgan fingerprint density at radius 3 is 2.48 bits per heavy atom. The van der Waals surface area contributed by atoms with Crippen LogP contribution in [0, 0.1) is 5.92 Å². The van der Waals surface area contributed by atoms with Crippen LogP contribution in [0.25, 0.3) is 0 Å². The Morgan fingerprint density at radius 1 is 1.12 bits per heavy atom. The van der Waals surface area contributed by atoms with Crippen LogP contribution in [0.5, 0.6) is 0 Å². The summed E-state index contributed by atoms with van der Waals surface area (Å²) in [5, 5.41) is 9.20. The third-order valence-electron chi connectivity index (χ3n) is 5.02. The fraction of sp³-hybridized carbons (Fsp3) is 0.882. The van der Waals surface area contributed by atoms with Gasteiger partial charge in [0.1, 0.15) is 0 Å². The second kappa shape index (κ2) is 9.99. The van der Waals surface area contributed by atoms with E-state index in [1.165, 1.54) is 32.1 Å². The Kier molecular flexibility index (Phi) is 7.99. The van der Waals surface area contributed by atoms with Gasteiger partial charge in [-0.25, -0.2) is 8.42 Å². The van der Waals surface area contributed by atoms with E-state index in [0.29, 0.717) is 25.3 Å². The van der Waals surface area contributed by atoms with E-state index in [-0.39, 0.29) is 23.5 Å². The van der Waals surface area contributed by atoms with Gasteiger partial charge in [-0.05, 0) is 25.2 Å². The molecule has 1 aliphatic heterocycles. The van der Waals surface area contributed by atoms with E-state index in [9.17, 15) is 13.2 Å². The predicted molar refractivity (Wildman–Crippen MR) is 100 cm³/mol. The van der Waals surface area contributed by atoms with E-state index in [2.05, 4.69) is 20.9 Å². The Labute approximate surface area is 151 Å². The fourth-order valence-electron chi connectivity index (χ4n) is 3.62. The van der Waals surface area contributed by atoms with E-state index in [0.717, 1.165) is 18.9 Å². The standard InChI is InChI=1S/C17H32N4O3S/c1-18-17(19-10-4-7-14-5-2-3-6-14)20-11-8-16(22)21-15-9-12-25(23,24)13-15/h14-15H,2-13H2,1H3,(H,21,22)(H2,18,19,20). The highest BCUT2D eigenvalue weighted by Crippen LogP contribution is 2.28. The smallest absolute Gasteiger partial charge is 0.222 e. The van der Waals surface area contributed by atoms with Crippen LogP contribution in [0.1, 0.15) is 51.4 Å². The zero-order valence-corrected chi connectivity index (χ0v) is 16.0. The summed E-state index contributed by atoms with van der Waals surface area (Å²) in [4.78, 5) is 16.0. The van der Waals surface area contributed by atoms with Gasteiger partial charge in [-0.15, -0.1) is 0 Å². The first-order valence-electron chi connectivity index (χ1n) is 9.43. The monoisotopic (exact) mass is 372 g/mol. The molecule has 1 saturated heterocycles. The quantitative estimate of drug-likeness (QED) is 0.333. The van der Waals surface area contributed by atoms with Crippen LogP contribution in [0.4, 0.5) is 0 Å². The van der Waals surface area contributed by atoms with Crippen LogP contribution < -0.4 is 16.0 Å². The van der Waals surface area contributed by atoms with E-state index < -0.39 is 9.84 Å². The number of nitrogens with zero attached hydrogens (tertiary/aromatic N) is 1. The molecule has 0 radical (unpaired) electrons. The van der Waals surface area contributed by atoms with Gasteiger partial charge in [0.2, 0.25) is 5.91 Å². The van der Waals surface area contributed by atoms with Crippen molar-refractivity contribution in [2.24, 2.45) is 10.9 Å². The highest BCUT2D eigenvalue weighted by molar-refractivity contribution is 7.91. The van der Waals surface area contributed by atoms with Crippen LogP contribution >= 0.6 is 0 Å². The lowest BCUT2D eigenvalue weighted by Gasteiger charge is -2.14. The molecule has 1 saturated carbocycles. The average molecular weight is 373 g/mol. The van der Waals surface area contributed by atoms with Crippen LogP contribution in [0.15, 0.2) is 4.99 Å². The van der Waals surface area contributed by atoms with Gasteiger partial charge in [-0.1, -0.05) is 25.7 Å². The molecule has 25 heavy (non-hydrogen) atoms. The average Bonchev–Trinajstić information content (AvgIpc) is 3.19. The molecule has 0 aromatic rings. The molecule has 0 aromatic carbocycles. The molecule has 2 aliphatic rings. The van der Waals surface area contributed by atoms with E-state index >= 15 is 0 Å². The molecule has 8 heteroatoms. The first kappa shape index (κ1) is 20.0. The summed E-state index contributed by atoms with van der Waals surface area (Å²) in [6, 6.07) is -0.231. The number of guanidine groups is 1. The van der Waals surface area contributed by atoms with Gasteiger partial charge in [-0.3, -0.25) is 9.79 Å². The number of sulfone groups is 1. The largest absolute Gasteiger partial charge is 0.356 e. The van der Waals surface area contributed by atoms with Crippen molar-refractivity contribution in [2.45, 2.75) is 57.4 Å². The highest BCUT2D eigenvalue weighted by Gasteiger charge is 2.28. The Bertz CT molecular complexity index is 556. The number of hydrogen-bond acceptors (Lipinski definition) is 4. The van der Waals surface area contributed by atoms with Gasteiger partial charge in [0.15, 0.2) is 15.8 Å². The van der Waals surface area contributed by atoms with Crippen LogP contribution in [-0.4, -0.2) is 58.0 Å². The predicted octanol–water partition coefficient (Wildman–Crippen LogP) is 0.815. The minimum absolute atomic E-state index is 0.0659. The molecule has 0 bridgehead atoms. The molecule has 1 unspecified atom stereocenters. The molecule has 1 atom stereocenters. The van der Waals surface area contributed by atoms with Gasteiger partial charge in [-0.2, -0.15) is 0 Å². The minimum atomic E-state index is -2.96. The molecule has 1 amide bonds. The summed E-state index contributed by atoms with van der Waals surface area (Å²) in [7, 11) is -1.24. The highest BCUT2D eigenvalue weighted by atomic mass is 32.2. The normalized spacial score (nSPS) is 23.6. The molecule has 0 aromatic heterocycles. The third-order valence-corrected chi connectivity index (χ3v) is 6.79. The summed E-state index contributed by atoms with van der Waals surface area (Å²) in [6.45, 7) is 1.37. The molecule has 0 spiro atoms. The third kappa shape index (κ3) is 7.63. The maximum absolute atomic E-state index is 11.9. The van der Waals surface area contributed by atoms with Crippen molar-refractivity contribution >= 4 is 21.7 Å². The Balaban J connectivity index is 1.53. The molecule has 3 N–H and O–H groups in total. The van der Waals surface area contributed by atoms with Crippen LogP contribution in [0.3, 0.4) is 0 Å². The molecular weight excluding hydrogens is 340 g/mol. The summed E-state index contributed by atoms with van der Waals surface area (Å²) in [6.07, 6.45) is 8.77. The number of hydrogen-bond donors (Lipinski definition) is 3. The van der Waals surface area contributed by atoms with Gasteiger partial charge in [0.05, 0.1) is 11.5 Å². The minimum Gasteiger partial charge on any atom is -0.356 e. The van der Waals surface area contributed by atoms with Crippen molar-refractivity contribution in [1.29, 1.82) is 0 Å². The van der Waals surface area contributed by atoms with E-state index in [4.69, 9.17) is 0 Å². The second-order valence-electron chi connectivity index (χ2n) is 7.14. The maximum atomic E-state index is 11.9. The number of aliphatic imine (C=N–C) groups is 1. The lowest BCUT2D eigenvalue weighted by molar-refractivity contribution is -0.121. The van der Waals surface area contributed by atoms with Gasteiger partial charge in [0.25, 0.3) is 0 Å². The maximum Gasteiger partial charge on any atom is 0.222 e. The number of amides is 1. The molecule has 2 fully saturated rings. The number of nitrogens with one attached hydrogen (secondary N) is 3. The van der Waals surface area contributed by atoms with Crippen molar-refractivity contribution in [3.05, 3.63) is 0 Å². The van der Waals surface area contributed by atoms with Crippen molar-refractivity contribution in [3.8, 4) is 0 Å². The van der Waals surface area contributed by atoms with Crippen molar-refractivity contribution in [2.75, 3.05) is 31.6 Å². The lowest BCUT2D eigenvalue weighted by atomic mass is 10.0. The Morgan fingerprint density at radius 2 is 1.84 bits per heavy atom. The van der Waals surface area contributed by atoms with Gasteiger partial charge >= 0.3 is 0 Å². The number of rotatable bonds is 8. The van der Waals surface area contributed by atoms with E-state index in [1.54, 1.807) is 7.05 Å². The Hall–Kier alpha value is -1.31. The molecule has 144 valence electrons. The van der Waals surface area contributed by atoms with Gasteiger partial charge < -0.3 is 16.0 Å². The molecule has 2 rings (SSSR count). The molecule has 1 heterocycles. The zero-order chi connectivity index (χ0) is 18.1. The van der Waals surface area contributed by atoms with Crippen LogP contribution in [-0.2, 0) is 14.6 Å². The van der Waals surface area contributed by atoms with Crippen molar-refractivity contribution in [3.63, 3.8) is 0 Å². The fourth-order valence-corrected chi connectivity index (χ4v) is 5.29. The molecular formula is C17H32N4O3S. The molecule has 1 aliphatic carbocycles. The first-order chi connectivity index (χ1) is 12.0. The number of carbonyl (C=O) groups is 1. The van der Waals surface area contributed by atoms with Crippen LogP contribution in [0.2, 0.25) is 0 Å². The van der Waals surface area contributed by atoms with E-state index in [1.807, 2.05) is 0 Å². The topological polar surface area (TPSA) is 99.7 Å². The lowest BCUT2D eigenvalue weighted by Crippen LogP contribution is -2.41. The summed E-state index contributed by atoms with van der Waals surface area (Å²) < 4.78 is 22.8. The van der Waals surface area contributed by atoms with Crippen molar-refractivity contribution in [1.82, 2.24) is 16.0 Å². The van der Waals surface area contributed by atoms with Crippen molar-refractivity contribution < 1.29 is 13.2 Å². The first-order valence-corrected chi connectivity index (χ1v) is 11.2. The van der Waals surface area contributed by atoms with Gasteiger partial charge in [0, 0.05) is 32.6 Å².